The molecule has 120 valence electrons. The molecule has 2 rings (SSSR count). The first kappa shape index (κ1) is 16.8. The van der Waals surface area contributed by atoms with Crippen molar-refractivity contribution in [2.75, 3.05) is 13.2 Å². The summed E-state index contributed by atoms with van der Waals surface area (Å²) >= 11 is 5.97. The first-order valence-corrected chi connectivity index (χ1v) is 7.37. The molecule has 0 unspecified atom stereocenters. The summed E-state index contributed by atoms with van der Waals surface area (Å²) in [6, 6.07) is 12.2. The second-order valence-corrected chi connectivity index (χ2v) is 4.99. The van der Waals surface area contributed by atoms with E-state index >= 15 is 0 Å². The average molecular weight is 334 g/mol. The summed E-state index contributed by atoms with van der Waals surface area (Å²) in [5.41, 5.74) is 1.34. The van der Waals surface area contributed by atoms with Gasteiger partial charge in [-0.25, -0.2) is 4.79 Å². The molecule has 0 aliphatic carbocycles. The van der Waals surface area contributed by atoms with Gasteiger partial charge in [0.25, 0.3) is 0 Å². The zero-order valence-corrected chi connectivity index (χ0v) is 13.3. The lowest BCUT2D eigenvalue weighted by Gasteiger charge is -2.07. The summed E-state index contributed by atoms with van der Waals surface area (Å²) in [5.74, 6) is 0.139. The molecule has 0 heterocycles. The molecule has 0 aliphatic rings. The Morgan fingerprint density at radius 1 is 1.22 bits per heavy atom. The maximum atomic E-state index is 10.6. The molecule has 0 saturated carbocycles. The standard InChI is InChI=1S/C17H16ClNO4/c1-2-22-15-6-4-14(5-7-15)19-10-12-9-13(18)3-8-16(12)23-11-17(20)21/h3-10H,2,11H2,1H3,(H,20,21). The molecular weight excluding hydrogens is 318 g/mol. The van der Waals surface area contributed by atoms with Gasteiger partial charge in [-0.1, -0.05) is 11.6 Å². The molecule has 23 heavy (non-hydrogen) atoms. The number of rotatable bonds is 7. The van der Waals surface area contributed by atoms with Crippen LogP contribution in [0, 0.1) is 0 Å². The van der Waals surface area contributed by atoms with Crippen molar-refractivity contribution in [2.45, 2.75) is 6.92 Å². The summed E-state index contributed by atoms with van der Waals surface area (Å²) in [4.78, 5) is 15.0. The van der Waals surface area contributed by atoms with Gasteiger partial charge < -0.3 is 14.6 Å². The molecule has 6 heteroatoms. The molecular formula is C17H16ClNO4. The summed E-state index contributed by atoms with van der Waals surface area (Å²) in [6.45, 7) is 2.10. The number of halogens is 1. The summed E-state index contributed by atoms with van der Waals surface area (Å²) < 4.78 is 10.6. The van der Waals surface area contributed by atoms with Gasteiger partial charge in [0.15, 0.2) is 6.61 Å². The number of aliphatic carboxylic acids is 1. The van der Waals surface area contributed by atoms with Gasteiger partial charge in [0.05, 0.1) is 12.3 Å². The van der Waals surface area contributed by atoms with Crippen LogP contribution in [-0.2, 0) is 4.79 Å². The smallest absolute Gasteiger partial charge is 0.341 e. The lowest BCUT2D eigenvalue weighted by atomic mass is 10.2. The normalized spacial score (nSPS) is 10.7. The van der Waals surface area contributed by atoms with Crippen molar-refractivity contribution in [2.24, 2.45) is 4.99 Å². The van der Waals surface area contributed by atoms with Crippen molar-refractivity contribution in [3.63, 3.8) is 0 Å². The predicted octanol–water partition coefficient (Wildman–Crippen LogP) is 3.95. The van der Waals surface area contributed by atoms with E-state index in [0.29, 0.717) is 22.9 Å². The summed E-state index contributed by atoms with van der Waals surface area (Å²) in [5, 5.41) is 9.22. The number of carboxylic acids is 1. The highest BCUT2D eigenvalue weighted by Crippen LogP contribution is 2.23. The van der Waals surface area contributed by atoms with Crippen molar-refractivity contribution in [1.82, 2.24) is 0 Å². The maximum Gasteiger partial charge on any atom is 0.341 e. The van der Waals surface area contributed by atoms with Crippen LogP contribution in [0.5, 0.6) is 11.5 Å². The van der Waals surface area contributed by atoms with Crippen molar-refractivity contribution in [3.8, 4) is 11.5 Å². The van der Waals surface area contributed by atoms with Gasteiger partial charge in [0, 0.05) is 16.8 Å². The average Bonchev–Trinajstić information content (AvgIpc) is 2.53. The molecule has 0 aromatic heterocycles. The van der Waals surface area contributed by atoms with E-state index in [-0.39, 0.29) is 0 Å². The van der Waals surface area contributed by atoms with E-state index in [1.165, 1.54) is 0 Å². The monoisotopic (exact) mass is 333 g/mol. The third-order valence-electron chi connectivity index (χ3n) is 2.82. The van der Waals surface area contributed by atoms with Crippen molar-refractivity contribution in [3.05, 3.63) is 53.1 Å². The molecule has 0 fully saturated rings. The molecule has 0 spiro atoms. The van der Waals surface area contributed by atoms with Crippen LogP contribution in [0.25, 0.3) is 0 Å². The molecule has 0 radical (unpaired) electrons. The van der Waals surface area contributed by atoms with Gasteiger partial charge in [-0.3, -0.25) is 4.99 Å². The van der Waals surface area contributed by atoms with Crippen LogP contribution in [-0.4, -0.2) is 30.5 Å². The Balaban J connectivity index is 2.17. The van der Waals surface area contributed by atoms with Gasteiger partial charge in [-0.15, -0.1) is 0 Å². The number of aliphatic imine (C=N–C) groups is 1. The number of hydrogen-bond acceptors (Lipinski definition) is 4. The second kappa shape index (κ2) is 8.19. The zero-order chi connectivity index (χ0) is 16.7. The first-order chi connectivity index (χ1) is 11.1. The zero-order valence-electron chi connectivity index (χ0n) is 12.5. The molecule has 1 N–H and O–H groups in total. The number of ether oxygens (including phenoxy) is 2. The van der Waals surface area contributed by atoms with Gasteiger partial charge >= 0.3 is 5.97 Å². The predicted molar refractivity (Wildman–Crippen MR) is 89.4 cm³/mol. The molecule has 5 nitrogen and oxygen atoms in total. The Labute approximate surface area is 139 Å². The Hall–Kier alpha value is -2.53. The minimum atomic E-state index is -1.05. The van der Waals surface area contributed by atoms with E-state index in [0.717, 1.165) is 11.4 Å². The fourth-order valence-electron chi connectivity index (χ4n) is 1.83. The van der Waals surface area contributed by atoms with Crippen molar-refractivity contribution in [1.29, 1.82) is 0 Å². The number of carbonyl (C=O) groups is 1. The molecule has 0 bridgehead atoms. The van der Waals surface area contributed by atoms with Crippen LogP contribution in [0.15, 0.2) is 47.5 Å². The van der Waals surface area contributed by atoms with E-state index in [1.54, 1.807) is 24.4 Å². The Kier molecular flexibility index (Phi) is 6.00. The molecule has 2 aromatic carbocycles. The molecule has 0 saturated heterocycles. The van der Waals surface area contributed by atoms with Gasteiger partial charge in [0.1, 0.15) is 11.5 Å². The SMILES string of the molecule is CCOc1ccc(N=Cc2cc(Cl)ccc2OCC(=O)O)cc1. The number of carboxylic acid groups (broad SMARTS) is 1. The van der Waals surface area contributed by atoms with Crippen LogP contribution in [0.4, 0.5) is 5.69 Å². The number of nitrogens with zero attached hydrogens (tertiary/aromatic N) is 1. The first-order valence-electron chi connectivity index (χ1n) is 6.99. The highest BCUT2D eigenvalue weighted by atomic mass is 35.5. The molecule has 0 atom stereocenters. The Morgan fingerprint density at radius 2 is 1.96 bits per heavy atom. The Morgan fingerprint density at radius 3 is 2.61 bits per heavy atom. The van der Waals surface area contributed by atoms with Crippen LogP contribution < -0.4 is 9.47 Å². The van der Waals surface area contributed by atoms with Gasteiger partial charge in [0.2, 0.25) is 0 Å². The number of benzene rings is 2. The van der Waals surface area contributed by atoms with E-state index in [9.17, 15) is 4.79 Å². The minimum absolute atomic E-state index is 0.409. The topological polar surface area (TPSA) is 68.1 Å². The molecule has 2 aromatic rings. The molecule has 0 amide bonds. The van der Waals surface area contributed by atoms with Gasteiger partial charge in [-0.2, -0.15) is 0 Å². The fraction of sp³-hybridized carbons (Fsp3) is 0.176. The minimum Gasteiger partial charge on any atom is -0.494 e. The third kappa shape index (κ3) is 5.30. The number of hydrogen-bond donors (Lipinski definition) is 1. The third-order valence-corrected chi connectivity index (χ3v) is 3.06. The van der Waals surface area contributed by atoms with E-state index in [4.69, 9.17) is 26.2 Å². The largest absolute Gasteiger partial charge is 0.494 e. The highest BCUT2D eigenvalue weighted by molar-refractivity contribution is 6.30. The van der Waals surface area contributed by atoms with Gasteiger partial charge in [-0.05, 0) is 49.4 Å². The van der Waals surface area contributed by atoms with E-state index in [2.05, 4.69) is 4.99 Å². The van der Waals surface area contributed by atoms with Crippen molar-refractivity contribution < 1.29 is 19.4 Å². The van der Waals surface area contributed by atoms with Crippen LogP contribution in [0.2, 0.25) is 5.02 Å². The molecule has 0 aliphatic heterocycles. The van der Waals surface area contributed by atoms with Crippen LogP contribution in [0.1, 0.15) is 12.5 Å². The maximum absolute atomic E-state index is 10.6. The Bertz CT molecular complexity index is 698. The summed E-state index contributed by atoms with van der Waals surface area (Å²) in [6.07, 6.45) is 1.58. The van der Waals surface area contributed by atoms with Crippen LogP contribution in [0.3, 0.4) is 0 Å². The summed E-state index contributed by atoms with van der Waals surface area (Å²) in [7, 11) is 0. The highest BCUT2D eigenvalue weighted by Gasteiger charge is 2.05. The second-order valence-electron chi connectivity index (χ2n) is 4.55. The van der Waals surface area contributed by atoms with Crippen LogP contribution >= 0.6 is 11.6 Å². The van der Waals surface area contributed by atoms with E-state index < -0.39 is 12.6 Å². The lowest BCUT2D eigenvalue weighted by Crippen LogP contribution is -2.10. The lowest BCUT2D eigenvalue weighted by molar-refractivity contribution is -0.139. The quantitative estimate of drug-likeness (QED) is 0.779. The van der Waals surface area contributed by atoms with E-state index in [1.807, 2.05) is 31.2 Å². The van der Waals surface area contributed by atoms with Crippen molar-refractivity contribution >= 4 is 29.5 Å². The fourth-order valence-corrected chi connectivity index (χ4v) is 2.01.